The van der Waals surface area contributed by atoms with Crippen molar-refractivity contribution in [1.29, 1.82) is 0 Å². The number of nitrogens with one attached hydrogen (secondary N) is 2. The third kappa shape index (κ3) is 4.27. The molecule has 3 amide bonds. The van der Waals surface area contributed by atoms with Crippen molar-refractivity contribution in [3.8, 4) is 0 Å². The van der Waals surface area contributed by atoms with Crippen molar-refractivity contribution < 1.29 is 14.4 Å². The van der Waals surface area contributed by atoms with Crippen molar-refractivity contribution in [2.75, 3.05) is 5.32 Å². The predicted octanol–water partition coefficient (Wildman–Crippen LogP) is 1.80. The van der Waals surface area contributed by atoms with Crippen LogP contribution in [0.4, 0.5) is 5.69 Å². The summed E-state index contributed by atoms with van der Waals surface area (Å²) in [5.41, 5.74) is 1.69. The van der Waals surface area contributed by atoms with Crippen molar-refractivity contribution in [3.05, 3.63) is 42.5 Å². The van der Waals surface area contributed by atoms with Gasteiger partial charge in [-0.25, -0.2) is 0 Å². The first-order chi connectivity index (χ1) is 10.1. The molecular formula is C16H18N2O3. The maximum atomic E-state index is 11.6. The minimum absolute atomic E-state index is 0.0524. The topological polar surface area (TPSA) is 75.3 Å². The normalized spacial score (nSPS) is 17.4. The monoisotopic (exact) mass is 286 g/mol. The van der Waals surface area contributed by atoms with Crippen LogP contribution in [0.15, 0.2) is 36.9 Å². The first kappa shape index (κ1) is 15.0. The molecule has 2 rings (SSSR count). The fourth-order valence-corrected chi connectivity index (χ4v) is 2.24. The maximum absolute atomic E-state index is 11.6. The molecular weight excluding hydrogens is 268 g/mol. The highest BCUT2D eigenvalue weighted by molar-refractivity contribution is 6.03. The maximum Gasteiger partial charge on any atom is 0.230 e. The van der Waals surface area contributed by atoms with Crippen LogP contribution in [0.2, 0.25) is 0 Å². The van der Waals surface area contributed by atoms with Gasteiger partial charge in [0.15, 0.2) is 0 Å². The quantitative estimate of drug-likeness (QED) is 0.618. The van der Waals surface area contributed by atoms with Crippen LogP contribution in [0.25, 0.3) is 0 Å². The number of allylic oxidation sites excluding steroid dienone is 1. The largest absolute Gasteiger partial charge is 0.326 e. The fourth-order valence-electron chi connectivity index (χ4n) is 2.24. The molecule has 0 spiro atoms. The van der Waals surface area contributed by atoms with E-state index in [0.717, 1.165) is 11.3 Å². The van der Waals surface area contributed by atoms with E-state index in [0.29, 0.717) is 19.3 Å². The zero-order valence-electron chi connectivity index (χ0n) is 11.7. The average Bonchev–Trinajstić information content (AvgIpc) is 2.77. The molecule has 1 heterocycles. The summed E-state index contributed by atoms with van der Waals surface area (Å²) >= 11 is 0. The van der Waals surface area contributed by atoms with Gasteiger partial charge in [-0.2, -0.15) is 0 Å². The van der Waals surface area contributed by atoms with Crippen molar-refractivity contribution in [2.45, 2.75) is 25.7 Å². The van der Waals surface area contributed by atoms with E-state index in [1.807, 2.05) is 12.1 Å². The Morgan fingerprint density at radius 2 is 2.05 bits per heavy atom. The first-order valence-electron chi connectivity index (χ1n) is 6.92. The number of anilines is 1. The van der Waals surface area contributed by atoms with Crippen LogP contribution in [-0.2, 0) is 20.8 Å². The summed E-state index contributed by atoms with van der Waals surface area (Å²) in [5.74, 6) is -0.758. The molecule has 1 fully saturated rings. The minimum Gasteiger partial charge on any atom is -0.326 e. The minimum atomic E-state index is -0.287. The highest BCUT2D eigenvalue weighted by atomic mass is 16.2. The van der Waals surface area contributed by atoms with Crippen LogP contribution in [0, 0.1) is 5.92 Å². The van der Waals surface area contributed by atoms with Crippen LogP contribution in [-0.4, -0.2) is 17.7 Å². The number of carbonyl (C=O) groups is 3. The summed E-state index contributed by atoms with van der Waals surface area (Å²) < 4.78 is 0. The molecule has 1 saturated heterocycles. The molecule has 1 aliphatic heterocycles. The molecule has 1 aliphatic rings. The SMILES string of the molecule is C=CCCC(=O)Nc1ccc(CC2CC(=O)NC2=O)cc1. The second-order valence-electron chi connectivity index (χ2n) is 5.09. The van der Waals surface area contributed by atoms with E-state index < -0.39 is 0 Å². The Bertz CT molecular complexity index is 563. The number of imide groups is 1. The molecule has 0 radical (unpaired) electrons. The van der Waals surface area contributed by atoms with Gasteiger partial charge in [0.05, 0.1) is 5.92 Å². The van der Waals surface area contributed by atoms with Crippen LogP contribution in [0.1, 0.15) is 24.8 Å². The van der Waals surface area contributed by atoms with Gasteiger partial charge in [-0.05, 0) is 30.5 Å². The van der Waals surface area contributed by atoms with E-state index in [-0.39, 0.29) is 30.1 Å². The second kappa shape index (κ2) is 6.83. The lowest BCUT2D eigenvalue weighted by atomic mass is 9.98. The van der Waals surface area contributed by atoms with E-state index in [9.17, 15) is 14.4 Å². The van der Waals surface area contributed by atoms with Crippen molar-refractivity contribution >= 4 is 23.4 Å². The number of amides is 3. The number of benzene rings is 1. The molecule has 0 aromatic heterocycles. The fraction of sp³-hybridized carbons (Fsp3) is 0.312. The van der Waals surface area contributed by atoms with Crippen molar-refractivity contribution in [1.82, 2.24) is 5.32 Å². The van der Waals surface area contributed by atoms with Crippen LogP contribution < -0.4 is 10.6 Å². The summed E-state index contributed by atoms with van der Waals surface area (Å²) in [6.07, 6.45) is 3.54. The molecule has 0 aliphatic carbocycles. The predicted molar refractivity (Wildman–Crippen MR) is 79.5 cm³/mol. The molecule has 2 N–H and O–H groups in total. The standard InChI is InChI=1S/C16H18N2O3/c1-2-3-4-14(19)17-13-7-5-11(6-8-13)9-12-10-15(20)18-16(12)21/h2,5-8,12H,1,3-4,9-10H2,(H,17,19)(H,18,20,21). The van der Waals surface area contributed by atoms with Gasteiger partial charge < -0.3 is 5.32 Å². The van der Waals surface area contributed by atoms with Gasteiger partial charge in [0.1, 0.15) is 0 Å². The lowest BCUT2D eigenvalue weighted by molar-refractivity contribution is -0.125. The van der Waals surface area contributed by atoms with E-state index in [1.165, 1.54) is 0 Å². The third-order valence-corrected chi connectivity index (χ3v) is 3.36. The average molecular weight is 286 g/mol. The summed E-state index contributed by atoms with van der Waals surface area (Å²) in [5, 5.41) is 5.09. The molecule has 0 bridgehead atoms. The lowest BCUT2D eigenvalue weighted by Gasteiger charge is -2.08. The Morgan fingerprint density at radius 1 is 1.33 bits per heavy atom. The van der Waals surface area contributed by atoms with Crippen molar-refractivity contribution in [2.24, 2.45) is 5.92 Å². The van der Waals surface area contributed by atoms with Gasteiger partial charge in [-0.3, -0.25) is 19.7 Å². The number of carbonyl (C=O) groups excluding carboxylic acids is 3. The number of hydrogen-bond acceptors (Lipinski definition) is 3. The Morgan fingerprint density at radius 3 is 2.62 bits per heavy atom. The van der Waals surface area contributed by atoms with Gasteiger partial charge in [0, 0.05) is 18.5 Å². The first-order valence-corrected chi connectivity index (χ1v) is 6.92. The lowest BCUT2D eigenvalue weighted by Crippen LogP contribution is -2.22. The van der Waals surface area contributed by atoms with Gasteiger partial charge in [0.25, 0.3) is 0 Å². The number of hydrogen-bond donors (Lipinski definition) is 2. The molecule has 1 aromatic carbocycles. The summed E-state index contributed by atoms with van der Waals surface area (Å²) in [4.78, 5) is 34.2. The second-order valence-corrected chi connectivity index (χ2v) is 5.09. The number of rotatable bonds is 6. The van der Waals surface area contributed by atoms with E-state index in [2.05, 4.69) is 17.2 Å². The molecule has 5 heteroatoms. The Hall–Kier alpha value is -2.43. The molecule has 0 saturated carbocycles. The van der Waals surface area contributed by atoms with Gasteiger partial charge in [-0.1, -0.05) is 18.2 Å². The molecule has 1 aromatic rings. The molecule has 5 nitrogen and oxygen atoms in total. The van der Waals surface area contributed by atoms with Gasteiger partial charge in [0.2, 0.25) is 17.7 Å². The van der Waals surface area contributed by atoms with Crippen molar-refractivity contribution in [3.63, 3.8) is 0 Å². The third-order valence-electron chi connectivity index (χ3n) is 3.36. The molecule has 1 atom stereocenters. The van der Waals surface area contributed by atoms with Gasteiger partial charge in [-0.15, -0.1) is 6.58 Å². The smallest absolute Gasteiger partial charge is 0.230 e. The van der Waals surface area contributed by atoms with Gasteiger partial charge >= 0.3 is 0 Å². The molecule has 21 heavy (non-hydrogen) atoms. The summed E-state index contributed by atoms with van der Waals surface area (Å²) in [6.45, 7) is 3.57. The van der Waals surface area contributed by atoms with Crippen LogP contribution >= 0.6 is 0 Å². The zero-order valence-corrected chi connectivity index (χ0v) is 11.7. The van der Waals surface area contributed by atoms with Crippen LogP contribution in [0.3, 0.4) is 0 Å². The van der Waals surface area contributed by atoms with Crippen LogP contribution in [0.5, 0.6) is 0 Å². The Balaban J connectivity index is 1.90. The highest BCUT2D eigenvalue weighted by Gasteiger charge is 2.30. The highest BCUT2D eigenvalue weighted by Crippen LogP contribution is 2.19. The summed E-state index contributed by atoms with van der Waals surface area (Å²) in [7, 11) is 0. The zero-order chi connectivity index (χ0) is 15.2. The Labute approximate surface area is 123 Å². The Kier molecular flexibility index (Phi) is 4.87. The van der Waals surface area contributed by atoms with E-state index in [4.69, 9.17) is 0 Å². The summed E-state index contributed by atoms with van der Waals surface area (Å²) in [6, 6.07) is 7.32. The molecule has 110 valence electrons. The van der Waals surface area contributed by atoms with E-state index >= 15 is 0 Å². The molecule has 1 unspecified atom stereocenters. The van der Waals surface area contributed by atoms with E-state index in [1.54, 1.807) is 18.2 Å².